The molecule has 6 nitrogen and oxygen atoms in total. The lowest BCUT2D eigenvalue weighted by Crippen LogP contribution is -2.43. The smallest absolute Gasteiger partial charge is 0.246 e. The summed E-state index contributed by atoms with van der Waals surface area (Å²) in [5.41, 5.74) is 0.204. The Morgan fingerprint density at radius 1 is 1.48 bits per heavy atom. The van der Waals surface area contributed by atoms with Crippen LogP contribution in [-0.2, 0) is 16.0 Å². The summed E-state index contributed by atoms with van der Waals surface area (Å²) in [4.78, 5) is 14.0. The number of rotatable bonds is 3. The maximum Gasteiger partial charge on any atom is 0.246 e. The van der Waals surface area contributed by atoms with Crippen molar-refractivity contribution in [2.24, 2.45) is 0 Å². The number of ether oxygens (including phenoxy) is 1. The first-order valence-corrected chi connectivity index (χ1v) is 7.54. The van der Waals surface area contributed by atoms with Crippen LogP contribution < -0.4 is 0 Å². The molecule has 122 valence electrons. The van der Waals surface area contributed by atoms with Crippen LogP contribution in [0.3, 0.4) is 0 Å². The summed E-state index contributed by atoms with van der Waals surface area (Å²) in [6.45, 7) is 2.74. The highest BCUT2D eigenvalue weighted by Gasteiger charge is 2.29. The Labute approximate surface area is 137 Å². The SMILES string of the molecule is Cc1nnc([C@@H]2CN(C(=O)Cc3c(F)cccc3Cl)CCO2)o1. The minimum absolute atomic E-state index is 0.0961. The van der Waals surface area contributed by atoms with Crippen LogP contribution in [0.4, 0.5) is 4.39 Å². The second-order valence-corrected chi connectivity index (χ2v) is 5.64. The van der Waals surface area contributed by atoms with E-state index < -0.39 is 11.9 Å². The summed E-state index contributed by atoms with van der Waals surface area (Å²) in [6.07, 6.45) is -0.564. The molecule has 1 aromatic heterocycles. The van der Waals surface area contributed by atoms with Gasteiger partial charge in [-0.2, -0.15) is 0 Å². The lowest BCUT2D eigenvalue weighted by molar-refractivity contribution is -0.139. The van der Waals surface area contributed by atoms with Crippen molar-refractivity contribution in [3.63, 3.8) is 0 Å². The van der Waals surface area contributed by atoms with E-state index in [1.807, 2.05) is 0 Å². The molecule has 1 amide bonds. The number of carbonyl (C=O) groups is 1. The quantitative estimate of drug-likeness (QED) is 0.858. The molecule has 2 aromatic rings. The van der Waals surface area contributed by atoms with Crippen LogP contribution in [-0.4, -0.2) is 40.7 Å². The number of carbonyl (C=O) groups excluding carboxylic acids is 1. The third-order valence-corrected chi connectivity index (χ3v) is 3.98. The summed E-state index contributed by atoms with van der Waals surface area (Å²) in [7, 11) is 0. The largest absolute Gasteiger partial charge is 0.423 e. The molecule has 3 rings (SSSR count). The molecule has 1 aromatic carbocycles. The lowest BCUT2D eigenvalue weighted by atomic mass is 10.1. The Morgan fingerprint density at radius 3 is 3.00 bits per heavy atom. The molecular formula is C15H15ClFN3O3. The monoisotopic (exact) mass is 339 g/mol. The average molecular weight is 340 g/mol. The van der Waals surface area contributed by atoms with E-state index in [4.69, 9.17) is 20.8 Å². The number of morpholine rings is 1. The number of amides is 1. The Hall–Kier alpha value is -1.99. The van der Waals surface area contributed by atoms with Gasteiger partial charge in [0.25, 0.3) is 0 Å². The van der Waals surface area contributed by atoms with E-state index in [-0.39, 0.29) is 29.5 Å². The minimum atomic E-state index is -0.483. The first-order chi connectivity index (χ1) is 11.0. The summed E-state index contributed by atoms with van der Waals surface area (Å²) in [5.74, 6) is 0.0684. The number of hydrogen-bond donors (Lipinski definition) is 0. The van der Waals surface area contributed by atoms with Crippen LogP contribution in [0.5, 0.6) is 0 Å². The number of aromatic nitrogens is 2. The van der Waals surface area contributed by atoms with E-state index in [9.17, 15) is 9.18 Å². The molecule has 1 saturated heterocycles. The summed E-state index contributed by atoms with van der Waals surface area (Å²) in [5, 5.41) is 7.92. The van der Waals surface area contributed by atoms with Gasteiger partial charge in [-0.15, -0.1) is 10.2 Å². The van der Waals surface area contributed by atoms with E-state index in [1.54, 1.807) is 17.9 Å². The molecule has 8 heteroatoms. The fourth-order valence-corrected chi connectivity index (χ4v) is 2.66. The second kappa shape index (κ2) is 6.64. The van der Waals surface area contributed by atoms with Gasteiger partial charge >= 0.3 is 0 Å². The number of aryl methyl sites for hydroxylation is 1. The molecule has 0 N–H and O–H groups in total. The highest BCUT2D eigenvalue weighted by Crippen LogP contribution is 2.24. The summed E-state index contributed by atoms with van der Waals surface area (Å²) >= 11 is 5.97. The van der Waals surface area contributed by atoms with Gasteiger partial charge in [-0.25, -0.2) is 4.39 Å². The van der Waals surface area contributed by atoms with E-state index in [2.05, 4.69) is 10.2 Å². The Balaban J connectivity index is 1.70. The molecule has 0 unspecified atom stereocenters. The zero-order valence-electron chi connectivity index (χ0n) is 12.5. The molecule has 1 fully saturated rings. The molecule has 0 aliphatic carbocycles. The molecule has 0 saturated carbocycles. The zero-order chi connectivity index (χ0) is 16.4. The van der Waals surface area contributed by atoms with Crippen LogP contribution >= 0.6 is 11.6 Å². The third kappa shape index (κ3) is 3.51. The number of nitrogens with zero attached hydrogens (tertiary/aromatic N) is 3. The molecule has 0 spiro atoms. The van der Waals surface area contributed by atoms with Gasteiger partial charge in [0.1, 0.15) is 5.82 Å². The van der Waals surface area contributed by atoms with Crippen LogP contribution in [0, 0.1) is 12.7 Å². The second-order valence-electron chi connectivity index (χ2n) is 5.24. The molecule has 1 aliphatic rings. The van der Waals surface area contributed by atoms with Crippen LogP contribution in [0.15, 0.2) is 22.6 Å². The fourth-order valence-electron chi connectivity index (χ4n) is 2.43. The van der Waals surface area contributed by atoms with Crippen molar-refractivity contribution in [1.29, 1.82) is 0 Å². The maximum atomic E-state index is 13.8. The van der Waals surface area contributed by atoms with Gasteiger partial charge < -0.3 is 14.1 Å². The average Bonchev–Trinajstić information content (AvgIpc) is 2.97. The molecule has 23 heavy (non-hydrogen) atoms. The molecule has 0 bridgehead atoms. The van der Waals surface area contributed by atoms with Crippen molar-refractivity contribution in [3.05, 3.63) is 46.4 Å². The fraction of sp³-hybridized carbons (Fsp3) is 0.400. The van der Waals surface area contributed by atoms with Gasteiger partial charge in [0.2, 0.25) is 17.7 Å². The predicted molar refractivity (Wildman–Crippen MR) is 79.4 cm³/mol. The van der Waals surface area contributed by atoms with Gasteiger partial charge in [-0.3, -0.25) is 4.79 Å². The zero-order valence-corrected chi connectivity index (χ0v) is 13.2. The van der Waals surface area contributed by atoms with E-state index in [1.165, 1.54) is 12.1 Å². The van der Waals surface area contributed by atoms with Gasteiger partial charge in [0.05, 0.1) is 19.6 Å². The molecule has 1 atom stereocenters. The van der Waals surface area contributed by atoms with Gasteiger partial charge in [0.15, 0.2) is 6.10 Å². The standard InChI is InChI=1S/C15H15ClFN3O3/c1-9-18-19-15(23-9)13-8-20(5-6-22-13)14(21)7-10-11(16)3-2-4-12(10)17/h2-4,13H,5-8H2,1H3/t13-/m0/s1. The topological polar surface area (TPSA) is 68.5 Å². The number of halogens is 2. The third-order valence-electron chi connectivity index (χ3n) is 3.63. The Morgan fingerprint density at radius 2 is 2.30 bits per heavy atom. The van der Waals surface area contributed by atoms with Crippen molar-refractivity contribution in [3.8, 4) is 0 Å². The van der Waals surface area contributed by atoms with Crippen molar-refractivity contribution in [1.82, 2.24) is 15.1 Å². The number of benzene rings is 1. The summed E-state index contributed by atoms with van der Waals surface area (Å²) < 4.78 is 24.7. The minimum Gasteiger partial charge on any atom is -0.423 e. The van der Waals surface area contributed by atoms with Crippen LogP contribution in [0.2, 0.25) is 5.02 Å². The van der Waals surface area contributed by atoms with E-state index >= 15 is 0 Å². The molecular weight excluding hydrogens is 325 g/mol. The van der Waals surface area contributed by atoms with Crippen molar-refractivity contribution >= 4 is 17.5 Å². The normalized spacial score (nSPS) is 18.2. The van der Waals surface area contributed by atoms with Gasteiger partial charge in [0, 0.05) is 24.1 Å². The molecule has 2 heterocycles. The van der Waals surface area contributed by atoms with Crippen LogP contribution in [0.1, 0.15) is 23.4 Å². The van der Waals surface area contributed by atoms with Crippen LogP contribution in [0.25, 0.3) is 0 Å². The van der Waals surface area contributed by atoms with Crippen molar-refractivity contribution in [2.75, 3.05) is 19.7 Å². The Bertz CT molecular complexity index is 701. The highest BCUT2D eigenvalue weighted by atomic mass is 35.5. The van der Waals surface area contributed by atoms with Gasteiger partial charge in [-0.05, 0) is 12.1 Å². The van der Waals surface area contributed by atoms with Crippen molar-refractivity contribution < 1.29 is 18.3 Å². The maximum absolute atomic E-state index is 13.8. The van der Waals surface area contributed by atoms with E-state index in [0.717, 1.165) is 0 Å². The lowest BCUT2D eigenvalue weighted by Gasteiger charge is -2.31. The predicted octanol–water partition coefficient (Wildman–Crippen LogP) is 2.31. The first-order valence-electron chi connectivity index (χ1n) is 7.17. The molecule has 0 radical (unpaired) electrons. The number of hydrogen-bond acceptors (Lipinski definition) is 5. The summed E-state index contributed by atoms with van der Waals surface area (Å²) in [6, 6.07) is 4.36. The first kappa shape index (κ1) is 15.9. The Kier molecular flexibility index (Phi) is 4.58. The molecule has 1 aliphatic heterocycles. The van der Waals surface area contributed by atoms with E-state index in [0.29, 0.717) is 24.9 Å². The highest BCUT2D eigenvalue weighted by molar-refractivity contribution is 6.31. The van der Waals surface area contributed by atoms with Crippen molar-refractivity contribution in [2.45, 2.75) is 19.4 Å². The van der Waals surface area contributed by atoms with Gasteiger partial charge in [-0.1, -0.05) is 17.7 Å².